The van der Waals surface area contributed by atoms with Crippen LogP contribution in [0.1, 0.15) is 27.2 Å². The van der Waals surface area contributed by atoms with Gasteiger partial charge >= 0.3 is 0 Å². The molecule has 0 aliphatic carbocycles. The van der Waals surface area contributed by atoms with Crippen LogP contribution >= 0.6 is 0 Å². The van der Waals surface area contributed by atoms with E-state index in [0.29, 0.717) is 23.6 Å². The first kappa shape index (κ1) is 10.2. The Kier molecular flexibility index (Phi) is 3.02. The fourth-order valence-electron chi connectivity index (χ4n) is 2.23. The average molecular weight is 180 g/mol. The van der Waals surface area contributed by atoms with Crippen molar-refractivity contribution < 1.29 is 0 Å². The summed E-state index contributed by atoms with van der Waals surface area (Å²) in [6, 6.07) is 0.545. The second kappa shape index (κ2) is 3.86. The Labute approximate surface area is 80.9 Å². The smallest absolute Gasteiger partial charge is 0.0290 e. The highest BCUT2D eigenvalue weighted by molar-refractivity contribution is 5.29. The molecule has 1 heterocycles. The van der Waals surface area contributed by atoms with Crippen LogP contribution in [0.4, 0.5) is 0 Å². The zero-order valence-corrected chi connectivity index (χ0v) is 8.80. The lowest BCUT2D eigenvalue weighted by Crippen LogP contribution is -2.39. The van der Waals surface area contributed by atoms with Crippen molar-refractivity contribution in [3.05, 3.63) is 24.0 Å². The lowest BCUT2D eigenvalue weighted by Gasteiger charge is -2.35. The molecule has 0 fully saturated rings. The highest BCUT2D eigenvalue weighted by Crippen LogP contribution is 2.31. The molecule has 74 valence electrons. The molecule has 0 aromatic rings. The van der Waals surface area contributed by atoms with Crippen molar-refractivity contribution in [2.45, 2.75) is 33.2 Å². The molecule has 13 heavy (non-hydrogen) atoms. The molecule has 1 rings (SSSR count). The molecule has 0 saturated carbocycles. The molecule has 2 heteroatoms. The Hall–Kier alpha value is -0.920. The van der Waals surface area contributed by atoms with Crippen molar-refractivity contribution in [2.75, 3.05) is 0 Å². The molecule has 0 aromatic heterocycles. The molecule has 3 atom stereocenters. The first-order valence-electron chi connectivity index (χ1n) is 4.98. The Morgan fingerprint density at radius 1 is 1.62 bits per heavy atom. The summed E-state index contributed by atoms with van der Waals surface area (Å²) >= 11 is 0. The maximum atomic E-state index is 5.72. The van der Waals surface area contributed by atoms with Crippen LogP contribution in [0.15, 0.2) is 24.0 Å². The normalized spacial score (nSPS) is 33.5. The molecule has 3 N–H and O–H groups in total. The summed E-state index contributed by atoms with van der Waals surface area (Å²) in [5, 5.41) is 3.34. The maximum Gasteiger partial charge on any atom is 0.0290 e. The van der Waals surface area contributed by atoms with Crippen molar-refractivity contribution in [1.82, 2.24) is 5.32 Å². The predicted molar refractivity (Wildman–Crippen MR) is 57.0 cm³/mol. The molecule has 0 amide bonds. The number of nitrogens with two attached hydrogens (primary N) is 1. The van der Waals surface area contributed by atoms with Gasteiger partial charge < -0.3 is 11.1 Å². The van der Waals surface area contributed by atoms with Gasteiger partial charge in [-0.1, -0.05) is 26.8 Å². The molecule has 0 bridgehead atoms. The first-order chi connectivity index (χ1) is 6.07. The summed E-state index contributed by atoms with van der Waals surface area (Å²) in [5.41, 5.74) is 7.59. The SMILES string of the molecule is C=C(N)C1=CNC(C)C(CC)C1C. The van der Waals surface area contributed by atoms with E-state index in [1.165, 1.54) is 12.0 Å². The predicted octanol–water partition coefficient (Wildman–Crippen LogP) is 2.00. The summed E-state index contributed by atoms with van der Waals surface area (Å²) in [5.74, 6) is 1.19. The van der Waals surface area contributed by atoms with Gasteiger partial charge in [0.1, 0.15) is 0 Å². The van der Waals surface area contributed by atoms with Crippen LogP contribution in [0.3, 0.4) is 0 Å². The molecular weight excluding hydrogens is 160 g/mol. The summed E-state index contributed by atoms with van der Waals surface area (Å²) in [7, 11) is 0. The Balaban J connectivity index is 2.85. The molecule has 0 radical (unpaired) electrons. The van der Waals surface area contributed by atoms with Gasteiger partial charge in [-0.15, -0.1) is 0 Å². The number of nitrogens with one attached hydrogen (secondary N) is 1. The van der Waals surface area contributed by atoms with E-state index in [2.05, 4.69) is 32.7 Å². The molecular formula is C11H20N2. The van der Waals surface area contributed by atoms with E-state index in [1.807, 2.05) is 6.20 Å². The third-order valence-corrected chi connectivity index (χ3v) is 3.12. The van der Waals surface area contributed by atoms with Gasteiger partial charge in [0.05, 0.1) is 0 Å². The monoisotopic (exact) mass is 180 g/mol. The van der Waals surface area contributed by atoms with E-state index in [0.717, 1.165) is 0 Å². The van der Waals surface area contributed by atoms with Gasteiger partial charge in [0.15, 0.2) is 0 Å². The van der Waals surface area contributed by atoms with Crippen molar-refractivity contribution in [3.8, 4) is 0 Å². The summed E-state index contributed by atoms with van der Waals surface area (Å²) in [4.78, 5) is 0. The summed E-state index contributed by atoms with van der Waals surface area (Å²) in [6.45, 7) is 10.5. The Morgan fingerprint density at radius 3 is 2.69 bits per heavy atom. The van der Waals surface area contributed by atoms with Crippen LogP contribution in [0.5, 0.6) is 0 Å². The summed E-state index contributed by atoms with van der Waals surface area (Å²) < 4.78 is 0. The van der Waals surface area contributed by atoms with Crippen LogP contribution in [-0.4, -0.2) is 6.04 Å². The van der Waals surface area contributed by atoms with Crippen LogP contribution in [0, 0.1) is 11.8 Å². The van der Waals surface area contributed by atoms with Crippen LogP contribution in [0.25, 0.3) is 0 Å². The summed E-state index contributed by atoms with van der Waals surface area (Å²) in [6.07, 6.45) is 3.20. The molecule has 0 aromatic carbocycles. The standard InChI is InChI=1S/C11H20N2/c1-5-10-7(2)11(8(3)12)6-13-9(10)4/h6-7,9-10,13H,3,5,12H2,1-2,4H3. The topological polar surface area (TPSA) is 38.0 Å². The maximum absolute atomic E-state index is 5.72. The van der Waals surface area contributed by atoms with Crippen molar-refractivity contribution >= 4 is 0 Å². The highest BCUT2D eigenvalue weighted by atomic mass is 14.9. The third-order valence-electron chi connectivity index (χ3n) is 3.12. The fourth-order valence-corrected chi connectivity index (χ4v) is 2.23. The number of rotatable bonds is 2. The Morgan fingerprint density at radius 2 is 2.23 bits per heavy atom. The van der Waals surface area contributed by atoms with Gasteiger partial charge in [-0.2, -0.15) is 0 Å². The average Bonchev–Trinajstić information content (AvgIpc) is 2.04. The van der Waals surface area contributed by atoms with Gasteiger partial charge in [-0.05, 0) is 24.3 Å². The van der Waals surface area contributed by atoms with Gasteiger partial charge in [0, 0.05) is 17.9 Å². The largest absolute Gasteiger partial charge is 0.399 e. The van der Waals surface area contributed by atoms with Crippen LogP contribution in [0.2, 0.25) is 0 Å². The fraction of sp³-hybridized carbons (Fsp3) is 0.636. The van der Waals surface area contributed by atoms with E-state index >= 15 is 0 Å². The van der Waals surface area contributed by atoms with Gasteiger partial charge in [0.2, 0.25) is 0 Å². The molecule has 3 unspecified atom stereocenters. The minimum Gasteiger partial charge on any atom is -0.399 e. The minimum atomic E-state index is 0.527. The molecule has 0 saturated heterocycles. The number of allylic oxidation sites excluding steroid dienone is 1. The highest BCUT2D eigenvalue weighted by Gasteiger charge is 2.28. The van der Waals surface area contributed by atoms with E-state index < -0.39 is 0 Å². The van der Waals surface area contributed by atoms with Gasteiger partial charge in [-0.25, -0.2) is 0 Å². The minimum absolute atomic E-state index is 0.527. The Bertz CT molecular complexity index is 230. The zero-order chi connectivity index (χ0) is 10.0. The first-order valence-corrected chi connectivity index (χ1v) is 4.98. The van der Waals surface area contributed by atoms with Crippen LogP contribution in [-0.2, 0) is 0 Å². The van der Waals surface area contributed by atoms with Crippen molar-refractivity contribution in [3.63, 3.8) is 0 Å². The van der Waals surface area contributed by atoms with Crippen molar-refractivity contribution in [1.29, 1.82) is 0 Å². The molecule has 1 aliphatic rings. The molecule has 0 spiro atoms. The second-order valence-electron chi connectivity index (χ2n) is 3.94. The van der Waals surface area contributed by atoms with Gasteiger partial charge in [0.25, 0.3) is 0 Å². The third kappa shape index (κ3) is 1.87. The van der Waals surface area contributed by atoms with E-state index in [1.54, 1.807) is 0 Å². The van der Waals surface area contributed by atoms with Gasteiger partial charge in [-0.3, -0.25) is 0 Å². The van der Waals surface area contributed by atoms with Crippen LogP contribution < -0.4 is 11.1 Å². The second-order valence-corrected chi connectivity index (χ2v) is 3.94. The van der Waals surface area contributed by atoms with E-state index in [-0.39, 0.29) is 0 Å². The van der Waals surface area contributed by atoms with E-state index in [9.17, 15) is 0 Å². The van der Waals surface area contributed by atoms with E-state index in [4.69, 9.17) is 5.73 Å². The molecule has 2 nitrogen and oxygen atoms in total. The molecule has 1 aliphatic heterocycles. The lowest BCUT2D eigenvalue weighted by molar-refractivity contribution is 0.294. The lowest BCUT2D eigenvalue weighted by atomic mass is 9.78. The zero-order valence-electron chi connectivity index (χ0n) is 8.80. The van der Waals surface area contributed by atoms with Crippen molar-refractivity contribution in [2.24, 2.45) is 17.6 Å². The number of hydrogen-bond donors (Lipinski definition) is 2. The number of hydrogen-bond acceptors (Lipinski definition) is 2. The quantitative estimate of drug-likeness (QED) is 0.682.